The Bertz CT molecular complexity index is 633. The van der Waals surface area contributed by atoms with E-state index >= 15 is 0 Å². The molecule has 2 aromatic rings. The molecule has 1 heterocycles. The number of rotatable bonds is 1. The Balaban J connectivity index is 2.80. The van der Waals surface area contributed by atoms with E-state index in [1.54, 1.807) is 0 Å². The van der Waals surface area contributed by atoms with Crippen molar-refractivity contribution in [3.63, 3.8) is 0 Å². The smallest absolute Gasteiger partial charge is 0.0850 e. The summed E-state index contributed by atoms with van der Waals surface area (Å²) in [6.45, 7) is 6.40. The fourth-order valence-electron chi connectivity index (χ4n) is 1.90. The zero-order chi connectivity index (χ0) is 13.3. The highest BCUT2D eigenvalue weighted by molar-refractivity contribution is 9.10. The second-order valence-electron chi connectivity index (χ2n) is 5.39. The largest absolute Gasteiger partial charge is 0.251 e. The van der Waals surface area contributed by atoms with E-state index in [-0.39, 0.29) is 5.41 Å². The number of hydrogen-bond acceptors (Lipinski definition) is 2. The molecule has 0 unspecified atom stereocenters. The van der Waals surface area contributed by atoms with Gasteiger partial charge in [-0.05, 0) is 33.6 Å². The number of para-hydroxylation sites is 1. The summed E-state index contributed by atoms with van der Waals surface area (Å²) in [5, 5.41) is 10.0. The first-order chi connectivity index (χ1) is 8.43. The monoisotopic (exact) mass is 302 g/mol. The lowest BCUT2D eigenvalue weighted by atomic mass is 9.89. The molecule has 3 heteroatoms. The quantitative estimate of drug-likeness (QED) is 0.785. The van der Waals surface area contributed by atoms with Gasteiger partial charge in [-0.1, -0.05) is 32.9 Å². The van der Waals surface area contributed by atoms with E-state index in [0.717, 1.165) is 26.6 Å². The average molecular weight is 303 g/mol. The van der Waals surface area contributed by atoms with E-state index in [9.17, 15) is 0 Å². The van der Waals surface area contributed by atoms with E-state index in [4.69, 9.17) is 10.2 Å². The van der Waals surface area contributed by atoms with Gasteiger partial charge in [0.05, 0.1) is 18.0 Å². The van der Waals surface area contributed by atoms with Gasteiger partial charge in [0.1, 0.15) is 0 Å². The van der Waals surface area contributed by atoms with Gasteiger partial charge in [-0.3, -0.25) is 4.98 Å². The molecule has 0 aliphatic heterocycles. The molecule has 0 spiro atoms. The van der Waals surface area contributed by atoms with Crippen LogP contribution in [0.5, 0.6) is 0 Å². The first-order valence-electron chi connectivity index (χ1n) is 5.89. The first kappa shape index (κ1) is 13.0. The Morgan fingerprint density at radius 1 is 1.33 bits per heavy atom. The minimum absolute atomic E-state index is 0.0202. The lowest BCUT2D eigenvalue weighted by Crippen LogP contribution is -2.14. The molecule has 1 aromatic carbocycles. The second kappa shape index (κ2) is 4.70. The number of fused-ring (bicyclic) bond motifs is 1. The fourth-order valence-corrected chi connectivity index (χ4v) is 2.35. The maximum atomic E-state index is 8.96. The van der Waals surface area contributed by atoms with Crippen molar-refractivity contribution < 1.29 is 0 Å². The minimum Gasteiger partial charge on any atom is -0.251 e. The Morgan fingerprint density at radius 3 is 2.67 bits per heavy atom. The molecule has 2 rings (SSSR count). The maximum Gasteiger partial charge on any atom is 0.0850 e. The molecule has 0 aliphatic carbocycles. The molecule has 0 radical (unpaired) electrons. The lowest BCUT2D eigenvalue weighted by molar-refractivity contribution is 0.571. The zero-order valence-electron chi connectivity index (χ0n) is 10.8. The van der Waals surface area contributed by atoms with Crippen LogP contribution in [0.15, 0.2) is 28.7 Å². The minimum atomic E-state index is -0.0202. The Kier molecular flexibility index (Phi) is 3.41. The van der Waals surface area contributed by atoms with Gasteiger partial charge < -0.3 is 0 Å². The van der Waals surface area contributed by atoms with Crippen LogP contribution in [0, 0.1) is 11.3 Å². The van der Waals surface area contributed by atoms with Gasteiger partial charge in [0.2, 0.25) is 0 Å². The van der Waals surface area contributed by atoms with E-state index in [1.165, 1.54) is 0 Å². The summed E-state index contributed by atoms with van der Waals surface area (Å²) in [4.78, 5) is 4.73. The molecule has 1 aromatic heterocycles. The van der Waals surface area contributed by atoms with Crippen molar-refractivity contribution >= 4 is 26.8 Å². The topological polar surface area (TPSA) is 36.7 Å². The molecule has 0 saturated carbocycles. The number of halogens is 1. The van der Waals surface area contributed by atoms with Crippen LogP contribution in [-0.4, -0.2) is 4.98 Å². The molecule has 0 N–H and O–H groups in total. The van der Waals surface area contributed by atoms with Crippen molar-refractivity contribution in [1.29, 1.82) is 5.26 Å². The summed E-state index contributed by atoms with van der Waals surface area (Å²) in [7, 11) is 0. The van der Waals surface area contributed by atoms with Crippen molar-refractivity contribution in [3.8, 4) is 6.07 Å². The molecule has 92 valence electrons. The number of nitrogens with zero attached hydrogens (tertiary/aromatic N) is 2. The van der Waals surface area contributed by atoms with Crippen LogP contribution in [0.25, 0.3) is 10.9 Å². The number of pyridine rings is 1. The van der Waals surface area contributed by atoms with Crippen molar-refractivity contribution in [2.75, 3.05) is 0 Å². The molecular weight excluding hydrogens is 288 g/mol. The number of nitriles is 1. The van der Waals surface area contributed by atoms with Crippen LogP contribution in [0.3, 0.4) is 0 Å². The molecule has 0 atom stereocenters. The summed E-state index contributed by atoms with van der Waals surface area (Å²) < 4.78 is 0.977. The van der Waals surface area contributed by atoms with Crippen molar-refractivity contribution in [1.82, 2.24) is 4.98 Å². The van der Waals surface area contributed by atoms with Gasteiger partial charge in [-0.15, -0.1) is 0 Å². The molecule has 0 bridgehead atoms. The van der Waals surface area contributed by atoms with E-state index in [2.05, 4.69) is 48.8 Å². The van der Waals surface area contributed by atoms with Gasteiger partial charge in [0, 0.05) is 21.0 Å². The second-order valence-corrected chi connectivity index (χ2v) is 6.24. The highest BCUT2D eigenvalue weighted by Gasteiger charge is 2.18. The predicted octanol–water partition coefficient (Wildman–Crippen LogP) is 4.36. The van der Waals surface area contributed by atoms with Crippen LogP contribution in [0.4, 0.5) is 0 Å². The summed E-state index contributed by atoms with van der Waals surface area (Å²) in [6.07, 6.45) is 0.415. The van der Waals surface area contributed by atoms with E-state index in [0.29, 0.717) is 6.42 Å². The van der Waals surface area contributed by atoms with Crippen LogP contribution < -0.4 is 0 Å². The normalized spacial score (nSPS) is 11.5. The highest BCUT2D eigenvalue weighted by atomic mass is 79.9. The van der Waals surface area contributed by atoms with Crippen molar-refractivity contribution in [2.45, 2.75) is 32.6 Å². The number of benzene rings is 1. The van der Waals surface area contributed by atoms with Gasteiger partial charge in [-0.2, -0.15) is 5.26 Å². The molecule has 0 fully saturated rings. The predicted molar refractivity (Wildman–Crippen MR) is 77.5 cm³/mol. The van der Waals surface area contributed by atoms with Crippen molar-refractivity contribution in [2.24, 2.45) is 0 Å². The highest BCUT2D eigenvalue weighted by Crippen LogP contribution is 2.30. The molecule has 0 aliphatic rings. The number of aromatic nitrogens is 1. The Morgan fingerprint density at radius 2 is 2.06 bits per heavy atom. The first-order valence-corrected chi connectivity index (χ1v) is 6.68. The standard InChI is InChI=1S/C15H15BrN2/c1-15(2,3)13-9-10(7-8-17)11-5-4-6-12(16)14(11)18-13/h4-6,9H,7H2,1-3H3. The molecule has 2 nitrogen and oxygen atoms in total. The lowest BCUT2D eigenvalue weighted by Gasteiger charge is -2.20. The van der Waals surface area contributed by atoms with Gasteiger partial charge >= 0.3 is 0 Å². The summed E-state index contributed by atoms with van der Waals surface area (Å²) in [5.74, 6) is 0. The van der Waals surface area contributed by atoms with Crippen LogP contribution >= 0.6 is 15.9 Å². The zero-order valence-corrected chi connectivity index (χ0v) is 12.4. The van der Waals surface area contributed by atoms with E-state index < -0.39 is 0 Å². The third kappa shape index (κ3) is 2.39. The Labute approximate surface area is 116 Å². The Hall–Kier alpha value is -1.40. The van der Waals surface area contributed by atoms with Gasteiger partial charge in [0.15, 0.2) is 0 Å². The average Bonchev–Trinajstić information content (AvgIpc) is 2.29. The van der Waals surface area contributed by atoms with Crippen LogP contribution in [-0.2, 0) is 11.8 Å². The van der Waals surface area contributed by atoms with Crippen LogP contribution in [0.1, 0.15) is 32.0 Å². The molecule has 0 amide bonds. The van der Waals surface area contributed by atoms with E-state index in [1.807, 2.05) is 18.2 Å². The molecule has 0 saturated heterocycles. The third-order valence-corrected chi connectivity index (χ3v) is 3.55. The van der Waals surface area contributed by atoms with Gasteiger partial charge in [0.25, 0.3) is 0 Å². The summed E-state index contributed by atoms with van der Waals surface area (Å²) >= 11 is 3.54. The van der Waals surface area contributed by atoms with Gasteiger partial charge in [-0.25, -0.2) is 0 Å². The van der Waals surface area contributed by atoms with Crippen molar-refractivity contribution in [3.05, 3.63) is 40.0 Å². The van der Waals surface area contributed by atoms with Crippen LogP contribution in [0.2, 0.25) is 0 Å². The number of hydrogen-bond donors (Lipinski definition) is 0. The molecular formula is C15H15BrN2. The fraction of sp³-hybridized carbons (Fsp3) is 0.333. The SMILES string of the molecule is CC(C)(C)c1cc(CC#N)c2cccc(Br)c2n1. The summed E-state index contributed by atoms with van der Waals surface area (Å²) in [5.41, 5.74) is 2.99. The maximum absolute atomic E-state index is 8.96. The summed E-state index contributed by atoms with van der Waals surface area (Å²) in [6, 6.07) is 10.3. The molecule has 18 heavy (non-hydrogen) atoms. The third-order valence-electron chi connectivity index (χ3n) is 2.91.